The summed E-state index contributed by atoms with van der Waals surface area (Å²) in [5, 5.41) is 3.33. The van der Waals surface area contributed by atoms with Gasteiger partial charge >= 0.3 is 0 Å². The second-order valence-corrected chi connectivity index (χ2v) is 5.16. The molecule has 0 aromatic heterocycles. The van der Waals surface area contributed by atoms with Crippen molar-refractivity contribution in [3.63, 3.8) is 0 Å². The lowest BCUT2D eigenvalue weighted by Crippen LogP contribution is -2.47. The lowest BCUT2D eigenvalue weighted by Gasteiger charge is -2.27. The van der Waals surface area contributed by atoms with E-state index in [0.29, 0.717) is 0 Å². The number of morpholine rings is 1. The molecule has 5 nitrogen and oxygen atoms in total. The second-order valence-electron chi connectivity index (χ2n) is 5.16. The molecule has 5 heteroatoms. The van der Waals surface area contributed by atoms with Crippen LogP contribution < -0.4 is 5.32 Å². The highest BCUT2D eigenvalue weighted by Gasteiger charge is 2.22. The van der Waals surface area contributed by atoms with Crippen LogP contribution in [-0.4, -0.2) is 74.2 Å². The summed E-state index contributed by atoms with van der Waals surface area (Å²) < 4.78 is 5.31. The van der Waals surface area contributed by atoms with Crippen LogP contribution in [0.15, 0.2) is 0 Å². The summed E-state index contributed by atoms with van der Waals surface area (Å²) in [5.41, 5.74) is 0. The number of nitrogens with one attached hydrogen (secondary N) is 1. The number of carbonyl (C=O) groups excluding carboxylic acids is 1. The molecule has 18 heavy (non-hydrogen) atoms. The van der Waals surface area contributed by atoms with Crippen LogP contribution in [0.1, 0.15) is 19.8 Å². The van der Waals surface area contributed by atoms with Crippen molar-refractivity contribution in [3.05, 3.63) is 0 Å². The highest BCUT2D eigenvalue weighted by Crippen LogP contribution is 2.08. The van der Waals surface area contributed by atoms with Crippen LogP contribution in [0.25, 0.3) is 0 Å². The predicted octanol–water partition coefficient (Wildman–Crippen LogP) is -0.0809. The summed E-state index contributed by atoms with van der Waals surface area (Å²) in [6.07, 6.45) is 2.32. The maximum Gasteiger partial charge on any atom is 0.239 e. The molecule has 2 saturated heterocycles. The minimum atomic E-state index is -0.0517. The van der Waals surface area contributed by atoms with Crippen molar-refractivity contribution in [2.45, 2.75) is 25.8 Å². The molecule has 0 bridgehead atoms. The molecule has 2 rings (SSSR count). The van der Waals surface area contributed by atoms with Crippen LogP contribution in [0.4, 0.5) is 0 Å². The maximum absolute atomic E-state index is 12.1. The van der Waals surface area contributed by atoms with Gasteiger partial charge in [0.05, 0.1) is 19.3 Å². The third-order valence-corrected chi connectivity index (χ3v) is 3.77. The quantitative estimate of drug-likeness (QED) is 0.746. The number of amides is 1. The number of hydrogen-bond donors (Lipinski definition) is 1. The minimum absolute atomic E-state index is 0.0517. The normalized spacial score (nSPS) is 23.3. The van der Waals surface area contributed by atoms with Gasteiger partial charge in [0.25, 0.3) is 0 Å². The van der Waals surface area contributed by atoms with Crippen molar-refractivity contribution in [2.24, 2.45) is 0 Å². The van der Waals surface area contributed by atoms with Crippen molar-refractivity contribution in [1.29, 1.82) is 0 Å². The fourth-order valence-electron chi connectivity index (χ4n) is 2.56. The molecule has 0 aromatic carbocycles. The zero-order valence-corrected chi connectivity index (χ0v) is 11.4. The van der Waals surface area contributed by atoms with E-state index in [4.69, 9.17) is 4.74 Å². The monoisotopic (exact) mass is 255 g/mol. The smallest absolute Gasteiger partial charge is 0.239 e. The maximum atomic E-state index is 12.1. The Kier molecular flexibility index (Phi) is 5.41. The van der Waals surface area contributed by atoms with Crippen molar-refractivity contribution in [2.75, 3.05) is 52.5 Å². The van der Waals surface area contributed by atoms with E-state index in [1.807, 2.05) is 11.8 Å². The molecule has 0 aromatic rings. The van der Waals surface area contributed by atoms with Crippen molar-refractivity contribution < 1.29 is 9.53 Å². The summed E-state index contributed by atoms with van der Waals surface area (Å²) in [6.45, 7) is 9.42. The summed E-state index contributed by atoms with van der Waals surface area (Å²) in [5.74, 6) is 0.259. The third-order valence-electron chi connectivity index (χ3n) is 3.77. The van der Waals surface area contributed by atoms with Crippen LogP contribution in [0.2, 0.25) is 0 Å². The number of hydrogen-bond acceptors (Lipinski definition) is 4. The number of nitrogens with zero attached hydrogens (tertiary/aromatic N) is 2. The predicted molar refractivity (Wildman–Crippen MR) is 70.5 cm³/mol. The summed E-state index contributed by atoms with van der Waals surface area (Å²) >= 11 is 0. The fraction of sp³-hybridized carbons (Fsp3) is 0.923. The van der Waals surface area contributed by atoms with E-state index in [-0.39, 0.29) is 11.9 Å². The number of rotatable bonds is 5. The molecular weight excluding hydrogens is 230 g/mol. The van der Waals surface area contributed by atoms with Crippen molar-refractivity contribution in [3.8, 4) is 0 Å². The Morgan fingerprint density at radius 1 is 1.22 bits per heavy atom. The average Bonchev–Trinajstić information content (AvgIpc) is 2.93. The summed E-state index contributed by atoms with van der Waals surface area (Å²) in [6, 6.07) is -0.0517. The highest BCUT2D eigenvalue weighted by molar-refractivity contribution is 5.81. The average molecular weight is 255 g/mol. The van der Waals surface area contributed by atoms with Gasteiger partial charge in [-0.05, 0) is 19.8 Å². The molecule has 2 heterocycles. The molecule has 0 radical (unpaired) electrons. The van der Waals surface area contributed by atoms with E-state index in [2.05, 4.69) is 10.2 Å². The SMILES string of the molecule is CC(NCCN1CCOCC1)C(=O)N1CCCC1. The van der Waals surface area contributed by atoms with Crippen LogP contribution >= 0.6 is 0 Å². The molecular formula is C13H25N3O2. The molecule has 0 aliphatic carbocycles. The Hall–Kier alpha value is -0.650. The van der Waals surface area contributed by atoms with Gasteiger partial charge in [-0.3, -0.25) is 9.69 Å². The highest BCUT2D eigenvalue weighted by atomic mass is 16.5. The molecule has 2 fully saturated rings. The Morgan fingerprint density at radius 2 is 1.89 bits per heavy atom. The fourth-order valence-corrected chi connectivity index (χ4v) is 2.56. The van der Waals surface area contributed by atoms with Gasteiger partial charge in [0.1, 0.15) is 0 Å². The lowest BCUT2D eigenvalue weighted by atomic mass is 10.3. The van der Waals surface area contributed by atoms with Gasteiger partial charge < -0.3 is 15.0 Å². The summed E-state index contributed by atoms with van der Waals surface area (Å²) in [7, 11) is 0. The third kappa shape index (κ3) is 3.93. The molecule has 1 atom stereocenters. The van der Waals surface area contributed by atoms with Gasteiger partial charge in [0, 0.05) is 39.3 Å². The lowest BCUT2D eigenvalue weighted by molar-refractivity contribution is -0.131. The molecule has 104 valence electrons. The minimum Gasteiger partial charge on any atom is -0.379 e. The van der Waals surface area contributed by atoms with E-state index < -0.39 is 0 Å². The topological polar surface area (TPSA) is 44.8 Å². The van der Waals surface area contributed by atoms with E-state index in [1.165, 1.54) is 0 Å². The van der Waals surface area contributed by atoms with Gasteiger partial charge in [-0.25, -0.2) is 0 Å². The number of likely N-dealkylation sites (tertiary alicyclic amines) is 1. The van der Waals surface area contributed by atoms with Crippen LogP contribution in [0.5, 0.6) is 0 Å². The Labute approximate surface area is 109 Å². The largest absolute Gasteiger partial charge is 0.379 e. The van der Waals surface area contributed by atoms with Gasteiger partial charge in [-0.2, -0.15) is 0 Å². The number of carbonyl (C=O) groups is 1. The first-order chi connectivity index (χ1) is 8.77. The zero-order valence-electron chi connectivity index (χ0n) is 11.4. The molecule has 0 saturated carbocycles. The summed E-state index contributed by atoms with van der Waals surface area (Å²) in [4.78, 5) is 16.4. The molecule has 1 N–H and O–H groups in total. The van der Waals surface area contributed by atoms with E-state index >= 15 is 0 Å². The van der Waals surface area contributed by atoms with E-state index in [1.54, 1.807) is 0 Å². The van der Waals surface area contributed by atoms with E-state index in [0.717, 1.165) is 65.3 Å². The Balaban J connectivity index is 1.61. The van der Waals surface area contributed by atoms with E-state index in [9.17, 15) is 4.79 Å². The molecule has 2 aliphatic rings. The van der Waals surface area contributed by atoms with Crippen molar-refractivity contribution in [1.82, 2.24) is 15.1 Å². The first kappa shape index (κ1) is 13.8. The van der Waals surface area contributed by atoms with Gasteiger partial charge in [0.15, 0.2) is 0 Å². The zero-order chi connectivity index (χ0) is 12.8. The van der Waals surface area contributed by atoms with Crippen LogP contribution in [0, 0.1) is 0 Å². The Morgan fingerprint density at radius 3 is 2.56 bits per heavy atom. The van der Waals surface area contributed by atoms with Gasteiger partial charge in [-0.15, -0.1) is 0 Å². The molecule has 1 amide bonds. The van der Waals surface area contributed by atoms with Crippen molar-refractivity contribution >= 4 is 5.91 Å². The molecule has 0 spiro atoms. The first-order valence-electron chi connectivity index (χ1n) is 7.09. The van der Waals surface area contributed by atoms with Crippen LogP contribution in [-0.2, 0) is 9.53 Å². The number of ether oxygens (including phenoxy) is 1. The molecule has 2 aliphatic heterocycles. The van der Waals surface area contributed by atoms with Gasteiger partial charge in [0.2, 0.25) is 5.91 Å². The second kappa shape index (κ2) is 7.07. The van der Waals surface area contributed by atoms with Crippen LogP contribution in [0.3, 0.4) is 0 Å². The molecule has 1 unspecified atom stereocenters. The van der Waals surface area contributed by atoms with Gasteiger partial charge in [-0.1, -0.05) is 0 Å². The Bertz CT molecular complexity index is 261. The first-order valence-corrected chi connectivity index (χ1v) is 7.09. The standard InChI is InChI=1S/C13H25N3O2/c1-12(13(17)16-5-2-3-6-16)14-4-7-15-8-10-18-11-9-15/h12,14H,2-11H2,1H3.